The van der Waals surface area contributed by atoms with Gasteiger partial charge in [0, 0.05) is 24.7 Å². The third-order valence-corrected chi connectivity index (χ3v) is 5.07. The van der Waals surface area contributed by atoms with Gasteiger partial charge < -0.3 is 9.47 Å². The van der Waals surface area contributed by atoms with Crippen LogP contribution in [0.3, 0.4) is 0 Å². The minimum absolute atomic E-state index is 0.00150. The predicted molar refractivity (Wildman–Crippen MR) is 80.5 cm³/mol. The number of aryl methyl sites for hydroxylation is 1. The van der Waals surface area contributed by atoms with E-state index in [-0.39, 0.29) is 5.91 Å². The summed E-state index contributed by atoms with van der Waals surface area (Å²) in [6.45, 7) is 0.566. The second-order valence-electron chi connectivity index (χ2n) is 5.01. The maximum absolute atomic E-state index is 12.6. The summed E-state index contributed by atoms with van der Waals surface area (Å²) in [5.74, 6) is 0.00150. The van der Waals surface area contributed by atoms with Crippen LogP contribution < -0.4 is 0 Å². The van der Waals surface area contributed by atoms with Gasteiger partial charge in [0.15, 0.2) is 0 Å². The Morgan fingerprint density at radius 3 is 2.90 bits per heavy atom. The van der Waals surface area contributed by atoms with Gasteiger partial charge in [-0.15, -0.1) is 11.3 Å². The van der Waals surface area contributed by atoms with Crippen LogP contribution in [0, 0.1) is 0 Å². The third-order valence-electron chi connectivity index (χ3n) is 3.53. The molecule has 0 spiro atoms. The summed E-state index contributed by atoms with van der Waals surface area (Å²) < 4.78 is 2.63. The standard InChI is InChI=1S/C13H15BrN4OS/c1-17-5-10(15-8-17)13(19)18(9-3-2-4-9)6-12-16-11(14)7-20-12/h5,7-9H,2-4,6H2,1H3. The summed E-state index contributed by atoms with van der Waals surface area (Å²) >= 11 is 4.93. The molecule has 0 bridgehead atoms. The number of nitrogens with zero attached hydrogens (tertiary/aromatic N) is 4. The first-order chi connectivity index (χ1) is 9.63. The lowest BCUT2D eigenvalue weighted by atomic mass is 9.91. The van der Waals surface area contributed by atoms with Gasteiger partial charge in [-0.1, -0.05) is 0 Å². The molecule has 2 heterocycles. The normalized spacial score (nSPS) is 15.1. The maximum atomic E-state index is 12.6. The Hall–Kier alpha value is -1.21. The Bertz CT molecular complexity index is 619. The molecule has 0 N–H and O–H groups in total. The van der Waals surface area contributed by atoms with Gasteiger partial charge in [0.05, 0.1) is 12.9 Å². The van der Waals surface area contributed by atoms with Crippen LogP contribution in [0.2, 0.25) is 0 Å². The molecule has 0 aliphatic heterocycles. The summed E-state index contributed by atoms with van der Waals surface area (Å²) in [6, 6.07) is 0.326. The number of imidazole rings is 1. The molecule has 1 aliphatic rings. The monoisotopic (exact) mass is 354 g/mol. The minimum atomic E-state index is 0.00150. The fraction of sp³-hybridized carbons (Fsp3) is 0.462. The number of hydrogen-bond acceptors (Lipinski definition) is 4. The van der Waals surface area contributed by atoms with Gasteiger partial charge in [-0.05, 0) is 35.2 Å². The summed E-state index contributed by atoms with van der Waals surface area (Å²) in [4.78, 5) is 23.1. The molecule has 1 fully saturated rings. The maximum Gasteiger partial charge on any atom is 0.274 e. The van der Waals surface area contributed by atoms with Crippen LogP contribution in [0.15, 0.2) is 22.5 Å². The molecule has 106 valence electrons. The minimum Gasteiger partial charge on any atom is -0.340 e. The molecule has 0 saturated heterocycles. The molecule has 7 heteroatoms. The molecule has 1 aliphatic carbocycles. The first-order valence-electron chi connectivity index (χ1n) is 6.52. The smallest absolute Gasteiger partial charge is 0.274 e. The fourth-order valence-corrected chi connectivity index (χ4v) is 3.50. The average Bonchev–Trinajstić information content (AvgIpc) is 2.94. The van der Waals surface area contributed by atoms with Crippen molar-refractivity contribution in [2.24, 2.45) is 7.05 Å². The number of aromatic nitrogens is 3. The predicted octanol–water partition coefficient (Wildman–Crippen LogP) is 2.83. The second-order valence-corrected chi connectivity index (χ2v) is 6.76. The summed E-state index contributed by atoms with van der Waals surface area (Å²) in [7, 11) is 1.87. The summed E-state index contributed by atoms with van der Waals surface area (Å²) in [6.07, 6.45) is 6.77. The van der Waals surface area contributed by atoms with Crippen molar-refractivity contribution >= 4 is 33.2 Å². The highest BCUT2D eigenvalue weighted by molar-refractivity contribution is 9.10. The highest BCUT2D eigenvalue weighted by Gasteiger charge is 2.31. The Kier molecular flexibility index (Phi) is 3.89. The van der Waals surface area contributed by atoms with Crippen LogP contribution in [0.4, 0.5) is 0 Å². The molecule has 0 unspecified atom stereocenters. The Morgan fingerprint density at radius 1 is 1.60 bits per heavy atom. The van der Waals surface area contributed by atoms with E-state index in [1.165, 1.54) is 6.42 Å². The molecular weight excluding hydrogens is 340 g/mol. The topological polar surface area (TPSA) is 51.0 Å². The molecule has 0 radical (unpaired) electrons. The molecule has 2 aromatic rings. The van der Waals surface area contributed by atoms with Crippen molar-refractivity contribution in [3.63, 3.8) is 0 Å². The number of carbonyl (C=O) groups is 1. The van der Waals surface area contributed by atoms with E-state index >= 15 is 0 Å². The molecule has 5 nitrogen and oxygen atoms in total. The summed E-state index contributed by atoms with van der Waals surface area (Å²) in [5.41, 5.74) is 0.509. The van der Waals surface area contributed by atoms with Crippen molar-refractivity contribution in [2.75, 3.05) is 0 Å². The van der Waals surface area contributed by atoms with Crippen molar-refractivity contribution in [1.29, 1.82) is 0 Å². The molecule has 1 saturated carbocycles. The molecule has 2 aromatic heterocycles. The van der Waals surface area contributed by atoms with E-state index in [2.05, 4.69) is 25.9 Å². The lowest BCUT2D eigenvalue weighted by Crippen LogP contribution is -2.43. The van der Waals surface area contributed by atoms with Crippen LogP contribution >= 0.6 is 27.3 Å². The van der Waals surface area contributed by atoms with Crippen molar-refractivity contribution in [3.8, 4) is 0 Å². The zero-order chi connectivity index (χ0) is 14.1. The zero-order valence-electron chi connectivity index (χ0n) is 11.1. The first kappa shape index (κ1) is 13.8. The van der Waals surface area contributed by atoms with Crippen molar-refractivity contribution in [1.82, 2.24) is 19.4 Å². The van der Waals surface area contributed by atoms with Gasteiger partial charge in [-0.2, -0.15) is 0 Å². The number of rotatable bonds is 4. The van der Waals surface area contributed by atoms with Crippen molar-refractivity contribution in [2.45, 2.75) is 31.8 Å². The van der Waals surface area contributed by atoms with Crippen molar-refractivity contribution < 1.29 is 4.79 Å². The van der Waals surface area contributed by atoms with Gasteiger partial charge in [0.1, 0.15) is 15.3 Å². The summed E-state index contributed by atoms with van der Waals surface area (Å²) in [5, 5.41) is 2.90. The quantitative estimate of drug-likeness (QED) is 0.848. The third kappa shape index (κ3) is 2.78. The second kappa shape index (κ2) is 5.65. The van der Waals surface area contributed by atoms with Gasteiger partial charge in [0.2, 0.25) is 0 Å². The van der Waals surface area contributed by atoms with Gasteiger partial charge in [-0.3, -0.25) is 4.79 Å². The van der Waals surface area contributed by atoms with E-state index in [0.29, 0.717) is 18.3 Å². The van der Waals surface area contributed by atoms with E-state index in [1.807, 2.05) is 17.3 Å². The van der Waals surface area contributed by atoms with Crippen LogP contribution in [-0.4, -0.2) is 31.4 Å². The van der Waals surface area contributed by atoms with E-state index in [0.717, 1.165) is 22.5 Å². The molecule has 20 heavy (non-hydrogen) atoms. The molecular formula is C13H15BrN4OS. The Morgan fingerprint density at radius 2 is 2.40 bits per heavy atom. The number of carbonyl (C=O) groups excluding carboxylic acids is 1. The molecule has 0 atom stereocenters. The van der Waals surface area contributed by atoms with Gasteiger partial charge in [0.25, 0.3) is 5.91 Å². The first-order valence-corrected chi connectivity index (χ1v) is 8.19. The van der Waals surface area contributed by atoms with Crippen LogP contribution in [0.5, 0.6) is 0 Å². The van der Waals surface area contributed by atoms with Crippen LogP contribution in [0.1, 0.15) is 34.8 Å². The molecule has 3 rings (SSSR count). The number of halogens is 1. The SMILES string of the molecule is Cn1cnc(C(=O)N(Cc2nc(Br)cs2)C2CCC2)c1. The number of amides is 1. The lowest BCUT2D eigenvalue weighted by molar-refractivity contribution is 0.0551. The number of hydrogen-bond donors (Lipinski definition) is 0. The highest BCUT2D eigenvalue weighted by Crippen LogP contribution is 2.28. The van der Waals surface area contributed by atoms with Gasteiger partial charge in [-0.25, -0.2) is 9.97 Å². The fourth-order valence-electron chi connectivity index (χ4n) is 2.24. The lowest BCUT2D eigenvalue weighted by Gasteiger charge is -2.36. The average molecular weight is 355 g/mol. The Labute approximate surface area is 129 Å². The number of thiazole rings is 1. The Balaban J connectivity index is 1.80. The van der Waals surface area contributed by atoms with Gasteiger partial charge >= 0.3 is 0 Å². The van der Waals surface area contributed by atoms with Crippen LogP contribution in [0.25, 0.3) is 0 Å². The largest absolute Gasteiger partial charge is 0.340 e. The van der Waals surface area contributed by atoms with Crippen LogP contribution in [-0.2, 0) is 13.6 Å². The van der Waals surface area contributed by atoms with E-state index in [1.54, 1.807) is 28.4 Å². The van der Waals surface area contributed by atoms with E-state index < -0.39 is 0 Å². The van der Waals surface area contributed by atoms with E-state index in [9.17, 15) is 4.79 Å². The van der Waals surface area contributed by atoms with Crippen molar-refractivity contribution in [3.05, 3.63) is 33.2 Å². The molecule has 1 amide bonds. The zero-order valence-corrected chi connectivity index (χ0v) is 13.5. The van der Waals surface area contributed by atoms with E-state index in [4.69, 9.17) is 0 Å². The molecule has 0 aromatic carbocycles. The highest BCUT2D eigenvalue weighted by atomic mass is 79.9.